The molecular formula is C20H23N5O4S3. The summed E-state index contributed by atoms with van der Waals surface area (Å²) >= 11 is 2.77. The molecule has 1 aliphatic heterocycles. The molecule has 0 N–H and O–H groups in total. The van der Waals surface area contributed by atoms with Gasteiger partial charge in [0.25, 0.3) is 5.22 Å². The van der Waals surface area contributed by atoms with Crippen LogP contribution in [0, 0.1) is 6.92 Å². The fourth-order valence-electron chi connectivity index (χ4n) is 3.35. The van der Waals surface area contributed by atoms with Gasteiger partial charge in [-0.15, -0.1) is 21.5 Å². The summed E-state index contributed by atoms with van der Waals surface area (Å²) in [6.07, 6.45) is 0.456. The number of sulfonamides is 1. The molecule has 4 rings (SSSR count). The Morgan fingerprint density at radius 2 is 1.91 bits per heavy atom. The summed E-state index contributed by atoms with van der Waals surface area (Å²) in [5, 5.41) is 10.9. The van der Waals surface area contributed by atoms with Crippen LogP contribution < -0.4 is 0 Å². The molecule has 3 heterocycles. The molecule has 1 aromatic carbocycles. The normalized spacial score (nSPS) is 16.2. The van der Waals surface area contributed by atoms with Crippen molar-refractivity contribution in [3.8, 4) is 0 Å². The molecule has 0 unspecified atom stereocenters. The number of aromatic nitrogens is 3. The molecule has 9 nitrogen and oxygen atoms in total. The van der Waals surface area contributed by atoms with Crippen molar-refractivity contribution < 1.29 is 17.6 Å². The SMILES string of the molecule is Cc1nc(Cc2nnc(S[C@H](C)C(=O)N3CCN(S(=O)(=O)c4ccccc4)CC3)o2)cs1. The van der Waals surface area contributed by atoms with Crippen LogP contribution in [0.3, 0.4) is 0 Å². The lowest BCUT2D eigenvalue weighted by atomic mass is 10.3. The van der Waals surface area contributed by atoms with Crippen LogP contribution in [0.4, 0.5) is 0 Å². The van der Waals surface area contributed by atoms with E-state index in [1.54, 1.807) is 53.5 Å². The molecule has 1 atom stereocenters. The van der Waals surface area contributed by atoms with Crippen molar-refractivity contribution >= 4 is 39.0 Å². The highest BCUT2D eigenvalue weighted by atomic mass is 32.2. The lowest BCUT2D eigenvalue weighted by molar-refractivity contribution is -0.131. The maximum absolute atomic E-state index is 12.9. The van der Waals surface area contributed by atoms with Crippen LogP contribution in [-0.2, 0) is 21.2 Å². The number of amides is 1. The molecule has 170 valence electrons. The van der Waals surface area contributed by atoms with Gasteiger partial charge < -0.3 is 9.32 Å². The predicted molar refractivity (Wildman–Crippen MR) is 121 cm³/mol. The van der Waals surface area contributed by atoms with E-state index in [9.17, 15) is 13.2 Å². The van der Waals surface area contributed by atoms with Crippen molar-refractivity contribution in [3.05, 3.63) is 52.3 Å². The van der Waals surface area contributed by atoms with E-state index in [-0.39, 0.29) is 23.9 Å². The molecule has 12 heteroatoms. The van der Waals surface area contributed by atoms with E-state index in [4.69, 9.17) is 4.42 Å². The van der Waals surface area contributed by atoms with Gasteiger partial charge in [0.05, 0.1) is 27.3 Å². The molecule has 3 aromatic rings. The van der Waals surface area contributed by atoms with Crippen LogP contribution in [0.1, 0.15) is 23.5 Å². The first-order valence-electron chi connectivity index (χ1n) is 10.1. The third-order valence-corrected chi connectivity index (χ3v) is 8.66. The van der Waals surface area contributed by atoms with Crippen LogP contribution >= 0.6 is 23.1 Å². The highest BCUT2D eigenvalue weighted by Crippen LogP contribution is 2.25. The first-order valence-corrected chi connectivity index (χ1v) is 13.3. The number of rotatable bonds is 7. The fourth-order valence-corrected chi connectivity index (χ4v) is 6.19. The number of aryl methyl sites for hydroxylation is 1. The number of piperazine rings is 1. The van der Waals surface area contributed by atoms with Gasteiger partial charge in [0.15, 0.2) is 0 Å². The Kier molecular flexibility index (Phi) is 6.93. The molecular weight excluding hydrogens is 470 g/mol. The van der Waals surface area contributed by atoms with Crippen molar-refractivity contribution in [1.29, 1.82) is 0 Å². The minimum absolute atomic E-state index is 0.0818. The van der Waals surface area contributed by atoms with E-state index in [2.05, 4.69) is 15.2 Å². The van der Waals surface area contributed by atoms with Crippen LogP contribution in [-0.4, -0.2) is 70.1 Å². The lowest BCUT2D eigenvalue weighted by Gasteiger charge is -2.35. The number of benzene rings is 1. The molecule has 0 radical (unpaired) electrons. The number of hydrogen-bond acceptors (Lipinski definition) is 9. The summed E-state index contributed by atoms with van der Waals surface area (Å²) in [6.45, 7) is 4.93. The van der Waals surface area contributed by atoms with Crippen LogP contribution in [0.25, 0.3) is 0 Å². The Morgan fingerprint density at radius 1 is 1.19 bits per heavy atom. The standard InChI is InChI=1S/C20H23N5O4S3/c1-14(31-20-23-22-18(29-20)12-16-13-30-15(2)21-16)19(26)24-8-10-25(11-9-24)32(27,28)17-6-4-3-5-7-17/h3-7,13-14H,8-12H2,1-2H3/t14-/m1/s1. The Morgan fingerprint density at radius 3 is 2.56 bits per heavy atom. The van der Waals surface area contributed by atoms with E-state index < -0.39 is 15.3 Å². The number of hydrogen-bond donors (Lipinski definition) is 0. The fraction of sp³-hybridized carbons (Fsp3) is 0.400. The Labute approximate surface area is 194 Å². The number of nitrogens with zero attached hydrogens (tertiary/aromatic N) is 5. The summed E-state index contributed by atoms with van der Waals surface area (Å²) in [7, 11) is -3.55. The predicted octanol–water partition coefficient (Wildman–Crippen LogP) is 2.44. The molecule has 0 bridgehead atoms. The first kappa shape index (κ1) is 22.9. The smallest absolute Gasteiger partial charge is 0.277 e. The Bertz CT molecular complexity index is 1170. The quantitative estimate of drug-likeness (QED) is 0.462. The minimum Gasteiger partial charge on any atom is -0.416 e. The van der Waals surface area contributed by atoms with Crippen molar-refractivity contribution in [1.82, 2.24) is 24.4 Å². The largest absolute Gasteiger partial charge is 0.416 e. The third-order valence-electron chi connectivity index (χ3n) is 5.00. The zero-order valence-electron chi connectivity index (χ0n) is 17.7. The summed E-state index contributed by atoms with van der Waals surface area (Å²) < 4.78 is 32.6. The maximum Gasteiger partial charge on any atom is 0.277 e. The second-order valence-electron chi connectivity index (χ2n) is 7.30. The van der Waals surface area contributed by atoms with Crippen LogP contribution in [0.15, 0.2) is 50.2 Å². The van der Waals surface area contributed by atoms with Gasteiger partial charge in [-0.25, -0.2) is 13.4 Å². The molecule has 1 saturated heterocycles. The van der Waals surface area contributed by atoms with Gasteiger partial charge in [0.2, 0.25) is 21.8 Å². The van der Waals surface area contributed by atoms with Gasteiger partial charge in [-0.2, -0.15) is 4.31 Å². The number of thiazole rings is 1. The summed E-state index contributed by atoms with van der Waals surface area (Å²) in [6, 6.07) is 8.35. The third kappa shape index (κ3) is 5.20. The highest BCUT2D eigenvalue weighted by molar-refractivity contribution is 8.00. The molecule has 1 aliphatic rings. The monoisotopic (exact) mass is 493 g/mol. The average molecular weight is 494 g/mol. The van der Waals surface area contributed by atoms with E-state index in [0.717, 1.165) is 10.7 Å². The second-order valence-corrected chi connectivity index (χ2v) is 11.6. The number of carbonyl (C=O) groups is 1. The molecule has 32 heavy (non-hydrogen) atoms. The van der Waals surface area contributed by atoms with Gasteiger partial charge in [-0.1, -0.05) is 30.0 Å². The molecule has 0 aliphatic carbocycles. The highest BCUT2D eigenvalue weighted by Gasteiger charge is 2.32. The van der Waals surface area contributed by atoms with Gasteiger partial charge in [0, 0.05) is 31.6 Å². The molecule has 2 aromatic heterocycles. The lowest BCUT2D eigenvalue weighted by Crippen LogP contribution is -2.52. The van der Waals surface area contributed by atoms with Crippen molar-refractivity contribution in [2.24, 2.45) is 0 Å². The van der Waals surface area contributed by atoms with E-state index in [1.807, 2.05) is 12.3 Å². The Balaban J connectivity index is 1.30. The average Bonchev–Trinajstić information content (AvgIpc) is 3.42. The van der Waals surface area contributed by atoms with E-state index >= 15 is 0 Å². The molecule has 1 amide bonds. The minimum atomic E-state index is -3.55. The summed E-state index contributed by atoms with van der Waals surface area (Å²) in [5.74, 6) is 0.374. The first-order chi connectivity index (χ1) is 15.3. The summed E-state index contributed by atoms with van der Waals surface area (Å²) in [4.78, 5) is 19.2. The maximum atomic E-state index is 12.9. The second kappa shape index (κ2) is 9.69. The van der Waals surface area contributed by atoms with Crippen LogP contribution in [0.5, 0.6) is 0 Å². The summed E-state index contributed by atoms with van der Waals surface area (Å²) in [5.41, 5.74) is 0.875. The van der Waals surface area contributed by atoms with Crippen molar-refractivity contribution in [3.63, 3.8) is 0 Å². The zero-order valence-corrected chi connectivity index (χ0v) is 20.1. The molecule has 0 spiro atoms. The Hall–Kier alpha value is -2.28. The van der Waals surface area contributed by atoms with Gasteiger partial charge in [0.1, 0.15) is 0 Å². The molecule has 1 fully saturated rings. The molecule has 0 saturated carbocycles. The van der Waals surface area contributed by atoms with Crippen molar-refractivity contribution in [2.75, 3.05) is 26.2 Å². The van der Waals surface area contributed by atoms with Gasteiger partial charge >= 0.3 is 0 Å². The van der Waals surface area contributed by atoms with E-state index in [0.29, 0.717) is 30.6 Å². The van der Waals surface area contributed by atoms with Crippen LogP contribution in [0.2, 0.25) is 0 Å². The topological polar surface area (TPSA) is 110 Å². The van der Waals surface area contributed by atoms with Crippen molar-refractivity contribution in [2.45, 2.75) is 35.6 Å². The zero-order chi connectivity index (χ0) is 22.7. The number of carbonyl (C=O) groups excluding carboxylic acids is 1. The van der Waals surface area contributed by atoms with Gasteiger partial charge in [-0.3, -0.25) is 4.79 Å². The number of thioether (sulfide) groups is 1. The van der Waals surface area contributed by atoms with Gasteiger partial charge in [-0.05, 0) is 26.0 Å². The van der Waals surface area contributed by atoms with E-state index in [1.165, 1.54) is 16.1 Å².